The van der Waals surface area contributed by atoms with Gasteiger partial charge < -0.3 is 9.88 Å². The molecule has 120 valence electrons. The minimum atomic E-state index is 0.676. The van der Waals surface area contributed by atoms with Crippen molar-refractivity contribution in [3.63, 3.8) is 0 Å². The zero-order valence-corrected chi connectivity index (χ0v) is 14.3. The van der Waals surface area contributed by atoms with Gasteiger partial charge in [0.15, 0.2) is 0 Å². The third kappa shape index (κ3) is 3.65. The van der Waals surface area contributed by atoms with E-state index in [-0.39, 0.29) is 0 Å². The number of fused-ring (bicyclic) bond motifs is 1. The molecule has 0 atom stereocenters. The van der Waals surface area contributed by atoms with Gasteiger partial charge in [-0.2, -0.15) is 0 Å². The molecule has 0 spiro atoms. The Hall–Kier alpha value is -2.06. The van der Waals surface area contributed by atoms with Gasteiger partial charge in [0.1, 0.15) is 0 Å². The second kappa shape index (κ2) is 7.01. The van der Waals surface area contributed by atoms with Crippen LogP contribution in [0.3, 0.4) is 0 Å². The maximum Gasteiger partial charge on any atom is 0.0486 e. The first kappa shape index (κ1) is 15.8. The summed E-state index contributed by atoms with van der Waals surface area (Å²) in [6, 6.07) is 17.4. The van der Waals surface area contributed by atoms with Crippen molar-refractivity contribution in [2.45, 2.75) is 33.9 Å². The van der Waals surface area contributed by atoms with Crippen LogP contribution in [0.25, 0.3) is 10.9 Å². The second-order valence-corrected chi connectivity index (χ2v) is 6.75. The molecular weight excluding hydrogens is 280 g/mol. The Bertz CT molecular complexity index is 783. The van der Waals surface area contributed by atoms with E-state index in [9.17, 15) is 0 Å². The van der Waals surface area contributed by atoms with E-state index in [1.807, 2.05) is 0 Å². The first-order chi connectivity index (χ1) is 11.1. The van der Waals surface area contributed by atoms with Crippen LogP contribution in [0.1, 0.15) is 30.5 Å². The van der Waals surface area contributed by atoms with E-state index in [2.05, 4.69) is 85.4 Å². The van der Waals surface area contributed by atoms with Gasteiger partial charge in [-0.15, -0.1) is 0 Å². The molecule has 0 aliphatic heterocycles. The number of aromatic nitrogens is 1. The highest BCUT2D eigenvalue weighted by atomic mass is 15.0. The number of aryl methyl sites for hydroxylation is 1. The van der Waals surface area contributed by atoms with Crippen LogP contribution in [0.5, 0.6) is 0 Å². The number of nitrogens with zero attached hydrogens (tertiary/aromatic N) is 1. The molecule has 0 radical (unpaired) electrons. The van der Waals surface area contributed by atoms with Gasteiger partial charge in [-0.25, -0.2) is 0 Å². The molecule has 0 fully saturated rings. The topological polar surface area (TPSA) is 17.0 Å². The van der Waals surface area contributed by atoms with Gasteiger partial charge in [0.05, 0.1) is 0 Å². The normalized spacial score (nSPS) is 11.5. The average molecular weight is 306 g/mol. The molecule has 0 aliphatic rings. The SMILES string of the molecule is Cc1ccccc1Cn1cc(CNCC(C)C)c2ccccc21. The van der Waals surface area contributed by atoms with Gasteiger partial charge in [-0.05, 0) is 42.1 Å². The summed E-state index contributed by atoms with van der Waals surface area (Å²) < 4.78 is 2.38. The molecule has 0 unspecified atom stereocenters. The first-order valence-electron chi connectivity index (χ1n) is 8.47. The van der Waals surface area contributed by atoms with Crippen molar-refractivity contribution in [1.82, 2.24) is 9.88 Å². The summed E-state index contributed by atoms with van der Waals surface area (Å²) in [7, 11) is 0. The molecule has 0 aliphatic carbocycles. The fourth-order valence-corrected chi connectivity index (χ4v) is 3.06. The maximum atomic E-state index is 3.57. The van der Waals surface area contributed by atoms with Crippen molar-refractivity contribution in [3.05, 3.63) is 71.4 Å². The van der Waals surface area contributed by atoms with Gasteiger partial charge in [-0.3, -0.25) is 0 Å². The standard InChI is InChI=1S/C21H26N2/c1-16(2)12-22-13-19-15-23(21-11-7-6-10-20(19)21)14-18-9-5-4-8-17(18)3/h4-11,15-16,22H,12-14H2,1-3H3. The Balaban J connectivity index is 1.90. The van der Waals surface area contributed by atoms with Gasteiger partial charge in [0, 0.05) is 30.2 Å². The first-order valence-corrected chi connectivity index (χ1v) is 8.47. The number of rotatable bonds is 6. The molecule has 1 heterocycles. The monoisotopic (exact) mass is 306 g/mol. The van der Waals surface area contributed by atoms with Crippen molar-refractivity contribution in [1.29, 1.82) is 0 Å². The summed E-state index contributed by atoms with van der Waals surface area (Å²) in [5.41, 5.74) is 5.44. The van der Waals surface area contributed by atoms with Crippen LogP contribution in [0.15, 0.2) is 54.7 Å². The molecule has 2 aromatic carbocycles. The minimum Gasteiger partial charge on any atom is -0.343 e. The van der Waals surface area contributed by atoms with Crippen molar-refractivity contribution < 1.29 is 0 Å². The van der Waals surface area contributed by atoms with Crippen LogP contribution in [-0.4, -0.2) is 11.1 Å². The van der Waals surface area contributed by atoms with E-state index >= 15 is 0 Å². The van der Waals surface area contributed by atoms with Crippen LogP contribution in [-0.2, 0) is 13.1 Å². The molecule has 3 aromatic rings. The molecule has 3 rings (SSSR count). The van der Waals surface area contributed by atoms with Crippen molar-refractivity contribution in [2.24, 2.45) is 5.92 Å². The molecule has 2 heteroatoms. The van der Waals surface area contributed by atoms with Gasteiger partial charge in [0.2, 0.25) is 0 Å². The zero-order valence-electron chi connectivity index (χ0n) is 14.3. The lowest BCUT2D eigenvalue weighted by atomic mass is 10.1. The summed E-state index contributed by atoms with van der Waals surface area (Å²) in [6.07, 6.45) is 2.31. The number of hydrogen-bond donors (Lipinski definition) is 1. The fraction of sp³-hybridized carbons (Fsp3) is 0.333. The smallest absolute Gasteiger partial charge is 0.0486 e. The van der Waals surface area contributed by atoms with E-state index in [4.69, 9.17) is 0 Å². The molecule has 23 heavy (non-hydrogen) atoms. The highest BCUT2D eigenvalue weighted by Gasteiger charge is 2.09. The van der Waals surface area contributed by atoms with Crippen LogP contribution >= 0.6 is 0 Å². The highest BCUT2D eigenvalue weighted by molar-refractivity contribution is 5.84. The van der Waals surface area contributed by atoms with Gasteiger partial charge in [-0.1, -0.05) is 56.3 Å². The summed E-state index contributed by atoms with van der Waals surface area (Å²) >= 11 is 0. The lowest BCUT2D eigenvalue weighted by Gasteiger charge is -2.08. The quantitative estimate of drug-likeness (QED) is 0.696. The molecule has 2 nitrogen and oxygen atoms in total. The van der Waals surface area contributed by atoms with Crippen molar-refractivity contribution >= 4 is 10.9 Å². The Morgan fingerprint density at radius 3 is 2.48 bits per heavy atom. The fourth-order valence-electron chi connectivity index (χ4n) is 3.06. The summed E-state index contributed by atoms with van der Waals surface area (Å²) in [5.74, 6) is 0.676. The van der Waals surface area contributed by atoms with E-state index in [0.29, 0.717) is 5.92 Å². The van der Waals surface area contributed by atoms with E-state index in [1.165, 1.54) is 27.6 Å². The molecular formula is C21H26N2. The predicted octanol–water partition coefficient (Wildman–Crippen LogP) is 4.74. The molecule has 1 aromatic heterocycles. The van der Waals surface area contributed by atoms with Crippen molar-refractivity contribution in [3.8, 4) is 0 Å². The number of nitrogens with one attached hydrogen (secondary N) is 1. The molecule has 0 saturated heterocycles. The highest BCUT2D eigenvalue weighted by Crippen LogP contribution is 2.23. The molecule has 1 N–H and O–H groups in total. The van der Waals surface area contributed by atoms with E-state index in [1.54, 1.807) is 0 Å². The molecule has 0 saturated carbocycles. The van der Waals surface area contributed by atoms with Crippen LogP contribution in [0, 0.1) is 12.8 Å². The third-order valence-electron chi connectivity index (χ3n) is 4.34. The van der Waals surface area contributed by atoms with Crippen LogP contribution < -0.4 is 5.32 Å². The Morgan fingerprint density at radius 1 is 0.957 bits per heavy atom. The second-order valence-electron chi connectivity index (χ2n) is 6.75. The number of hydrogen-bond acceptors (Lipinski definition) is 1. The number of benzene rings is 2. The van der Waals surface area contributed by atoms with Crippen LogP contribution in [0.4, 0.5) is 0 Å². The lowest BCUT2D eigenvalue weighted by Crippen LogP contribution is -2.18. The summed E-state index contributed by atoms with van der Waals surface area (Å²) in [5, 5.41) is 4.93. The molecule has 0 amide bonds. The van der Waals surface area contributed by atoms with E-state index < -0.39 is 0 Å². The summed E-state index contributed by atoms with van der Waals surface area (Å²) in [6.45, 7) is 9.59. The summed E-state index contributed by atoms with van der Waals surface area (Å²) in [4.78, 5) is 0. The van der Waals surface area contributed by atoms with E-state index in [0.717, 1.165) is 19.6 Å². The Morgan fingerprint density at radius 2 is 1.70 bits per heavy atom. The Labute approximate surface area is 139 Å². The third-order valence-corrected chi connectivity index (χ3v) is 4.34. The largest absolute Gasteiger partial charge is 0.343 e. The Kier molecular flexibility index (Phi) is 4.82. The van der Waals surface area contributed by atoms with Gasteiger partial charge >= 0.3 is 0 Å². The van der Waals surface area contributed by atoms with Crippen molar-refractivity contribution in [2.75, 3.05) is 6.54 Å². The van der Waals surface area contributed by atoms with Crippen LogP contribution in [0.2, 0.25) is 0 Å². The minimum absolute atomic E-state index is 0.676. The number of para-hydroxylation sites is 1. The predicted molar refractivity (Wildman–Crippen MR) is 98.8 cm³/mol. The zero-order chi connectivity index (χ0) is 16.2. The molecule has 0 bridgehead atoms. The lowest BCUT2D eigenvalue weighted by molar-refractivity contribution is 0.553. The maximum absolute atomic E-state index is 3.57. The average Bonchev–Trinajstić information content (AvgIpc) is 2.88. The van der Waals surface area contributed by atoms with Gasteiger partial charge in [0.25, 0.3) is 0 Å².